The van der Waals surface area contributed by atoms with Gasteiger partial charge in [-0.05, 0) is 24.1 Å². The minimum absolute atomic E-state index is 0.256. The maximum atomic E-state index is 11.9. The van der Waals surface area contributed by atoms with E-state index >= 15 is 0 Å². The van der Waals surface area contributed by atoms with E-state index in [1.165, 1.54) is 14.1 Å². The van der Waals surface area contributed by atoms with Crippen molar-refractivity contribution >= 4 is 21.8 Å². The molecule has 1 aliphatic rings. The molecular formula is C12H17ClN2O3S. The maximum absolute atomic E-state index is 11.9. The van der Waals surface area contributed by atoms with Crippen LogP contribution < -0.4 is 4.72 Å². The number of ether oxygens (including phenoxy) is 1. The van der Waals surface area contributed by atoms with E-state index in [0.717, 1.165) is 9.87 Å². The molecule has 1 aromatic carbocycles. The lowest BCUT2D eigenvalue weighted by Crippen LogP contribution is -2.43. The van der Waals surface area contributed by atoms with Gasteiger partial charge in [0.05, 0.1) is 12.1 Å². The summed E-state index contributed by atoms with van der Waals surface area (Å²) in [6, 6.07) is 7.00. The van der Waals surface area contributed by atoms with Gasteiger partial charge < -0.3 is 4.74 Å². The van der Waals surface area contributed by atoms with E-state index in [1.54, 1.807) is 12.1 Å². The topological polar surface area (TPSA) is 58.6 Å². The molecule has 0 aromatic heterocycles. The summed E-state index contributed by atoms with van der Waals surface area (Å²) in [7, 11) is -0.462. The number of hydrogen-bond acceptors (Lipinski definition) is 3. The van der Waals surface area contributed by atoms with Crippen molar-refractivity contribution in [2.75, 3.05) is 20.7 Å². The van der Waals surface area contributed by atoms with Crippen LogP contribution in [0.3, 0.4) is 0 Å². The average Bonchev–Trinajstić information content (AvgIpc) is 2.77. The van der Waals surface area contributed by atoms with Crippen LogP contribution in [0.4, 0.5) is 0 Å². The van der Waals surface area contributed by atoms with Crippen LogP contribution in [-0.4, -0.2) is 39.5 Å². The lowest BCUT2D eigenvalue weighted by atomic mass is 10.0. The molecule has 0 unspecified atom stereocenters. The van der Waals surface area contributed by atoms with E-state index < -0.39 is 10.2 Å². The maximum Gasteiger partial charge on any atom is 0.279 e. The highest BCUT2D eigenvalue weighted by Crippen LogP contribution is 2.30. The molecule has 1 fully saturated rings. The van der Waals surface area contributed by atoms with Crippen LogP contribution in [-0.2, 0) is 14.9 Å². The molecule has 0 amide bonds. The molecule has 2 atom stereocenters. The summed E-state index contributed by atoms with van der Waals surface area (Å²) in [5.41, 5.74) is 0.924. The van der Waals surface area contributed by atoms with Crippen LogP contribution in [0.25, 0.3) is 0 Å². The van der Waals surface area contributed by atoms with Crippen molar-refractivity contribution in [2.24, 2.45) is 0 Å². The first-order valence-electron chi connectivity index (χ1n) is 5.97. The molecule has 1 N–H and O–H groups in total. The number of benzene rings is 1. The van der Waals surface area contributed by atoms with E-state index in [9.17, 15) is 8.42 Å². The standard InChI is InChI=1S/C12H17ClN2O3S/c1-15(2)19(16,17)14-11-7-8-18-12(11)9-3-5-10(13)6-4-9/h3-6,11-12,14H,7-8H2,1-2H3/t11-,12+/m0/s1. The number of nitrogens with one attached hydrogen (secondary N) is 1. The predicted octanol–water partition coefficient (Wildman–Crippen LogP) is 1.57. The van der Waals surface area contributed by atoms with Crippen molar-refractivity contribution in [1.29, 1.82) is 0 Å². The molecule has 19 heavy (non-hydrogen) atoms. The van der Waals surface area contributed by atoms with Gasteiger partial charge in [0.1, 0.15) is 0 Å². The van der Waals surface area contributed by atoms with Crippen LogP contribution in [0, 0.1) is 0 Å². The van der Waals surface area contributed by atoms with Crippen LogP contribution in [0.1, 0.15) is 18.1 Å². The molecule has 5 nitrogen and oxygen atoms in total. The molecule has 0 radical (unpaired) electrons. The highest BCUT2D eigenvalue weighted by molar-refractivity contribution is 7.87. The van der Waals surface area contributed by atoms with Gasteiger partial charge in [0, 0.05) is 25.7 Å². The molecule has 1 saturated heterocycles. The Bertz CT molecular complexity index is 530. The average molecular weight is 305 g/mol. The number of halogens is 1. The monoisotopic (exact) mass is 304 g/mol. The second-order valence-corrected chi connectivity index (χ2v) is 7.00. The summed E-state index contributed by atoms with van der Waals surface area (Å²) in [5.74, 6) is 0. The van der Waals surface area contributed by atoms with Gasteiger partial charge >= 0.3 is 0 Å². The molecule has 0 bridgehead atoms. The summed E-state index contributed by atoms with van der Waals surface area (Å²) < 4.78 is 33.2. The first-order chi connectivity index (χ1) is 8.90. The largest absolute Gasteiger partial charge is 0.372 e. The molecule has 0 spiro atoms. The van der Waals surface area contributed by atoms with Gasteiger partial charge in [-0.3, -0.25) is 0 Å². The molecule has 0 saturated carbocycles. The Morgan fingerprint density at radius 3 is 2.53 bits per heavy atom. The van der Waals surface area contributed by atoms with Gasteiger partial charge in [-0.25, -0.2) is 0 Å². The number of rotatable bonds is 4. The van der Waals surface area contributed by atoms with Crippen molar-refractivity contribution in [1.82, 2.24) is 9.03 Å². The van der Waals surface area contributed by atoms with Crippen molar-refractivity contribution in [3.63, 3.8) is 0 Å². The van der Waals surface area contributed by atoms with Crippen molar-refractivity contribution in [3.8, 4) is 0 Å². The Morgan fingerprint density at radius 2 is 1.95 bits per heavy atom. The third-order valence-electron chi connectivity index (χ3n) is 3.07. The van der Waals surface area contributed by atoms with Gasteiger partial charge in [0.15, 0.2) is 0 Å². The van der Waals surface area contributed by atoms with Crippen molar-refractivity contribution in [2.45, 2.75) is 18.6 Å². The Kier molecular flexibility index (Phi) is 4.47. The quantitative estimate of drug-likeness (QED) is 0.918. The van der Waals surface area contributed by atoms with Gasteiger partial charge in [-0.15, -0.1) is 0 Å². The molecule has 1 aliphatic heterocycles. The Balaban J connectivity index is 2.15. The first kappa shape index (κ1) is 14.7. The van der Waals surface area contributed by atoms with Crippen molar-refractivity contribution < 1.29 is 13.2 Å². The van der Waals surface area contributed by atoms with E-state index in [2.05, 4.69) is 4.72 Å². The molecule has 1 aromatic rings. The highest BCUT2D eigenvalue weighted by atomic mass is 35.5. The highest BCUT2D eigenvalue weighted by Gasteiger charge is 2.33. The van der Waals surface area contributed by atoms with Crippen LogP contribution in [0.5, 0.6) is 0 Å². The van der Waals surface area contributed by atoms with Crippen LogP contribution in [0.15, 0.2) is 24.3 Å². The van der Waals surface area contributed by atoms with E-state index in [-0.39, 0.29) is 12.1 Å². The Morgan fingerprint density at radius 1 is 1.32 bits per heavy atom. The SMILES string of the molecule is CN(C)S(=O)(=O)N[C@H]1CCO[C@@H]1c1ccc(Cl)cc1. The van der Waals surface area contributed by atoms with Gasteiger partial charge in [-0.2, -0.15) is 17.4 Å². The predicted molar refractivity (Wildman–Crippen MR) is 74.3 cm³/mol. The second-order valence-electron chi connectivity index (χ2n) is 4.64. The second kappa shape index (κ2) is 5.76. The minimum atomic E-state index is -3.45. The lowest BCUT2D eigenvalue weighted by Gasteiger charge is -2.22. The zero-order valence-electron chi connectivity index (χ0n) is 10.8. The number of nitrogens with zero attached hydrogens (tertiary/aromatic N) is 1. The lowest BCUT2D eigenvalue weighted by molar-refractivity contribution is 0.102. The Labute approximate surface area is 118 Å². The molecule has 106 valence electrons. The third kappa shape index (κ3) is 3.46. The molecule has 7 heteroatoms. The zero-order valence-corrected chi connectivity index (χ0v) is 12.4. The fourth-order valence-corrected chi connectivity index (χ4v) is 2.95. The van der Waals surface area contributed by atoms with E-state index in [1.807, 2.05) is 12.1 Å². The van der Waals surface area contributed by atoms with Gasteiger partial charge in [0.25, 0.3) is 10.2 Å². The van der Waals surface area contributed by atoms with Gasteiger partial charge in [-0.1, -0.05) is 23.7 Å². The molecule has 2 rings (SSSR count). The third-order valence-corrected chi connectivity index (χ3v) is 4.89. The normalized spacial score (nSPS) is 24.0. The van der Waals surface area contributed by atoms with Crippen LogP contribution in [0.2, 0.25) is 5.02 Å². The summed E-state index contributed by atoms with van der Waals surface area (Å²) >= 11 is 5.84. The fourth-order valence-electron chi connectivity index (χ4n) is 1.99. The summed E-state index contributed by atoms with van der Waals surface area (Å²) in [6.07, 6.45) is 0.382. The van der Waals surface area contributed by atoms with Crippen LogP contribution >= 0.6 is 11.6 Å². The van der Waals surface area contributed by atoms with Crippen molar-refractivity contribution in [3.05, 3.63) is 34.9 Å². The first-order valence-corrected chi connectivity index (χ1v) is 7.79. The molecular weight excluding hydrogens is 288 g/mol. The smallest absolute Gasteiger partial charge is 0.279 e. The Hall–Kier alpha value is -0.660. The number of hydrogen-bond donors (Lipinski definition) is 1. The van der Waals surface area contributed by atoms with Gasteiger partial charge in [0.2, 0.25) is 0 Å². The zero-order chi connectivity index (χ0) is 14.0. The summed E-state index contributed by atoms with van der Waals surface area (Å²) in [6.45, 7) is 0.536. The fraction of sp³-hybridized carbons (Fsp3) is 0.500. The minimum Gasteiger partial charge on any atom is -0.372 e. The van der Waals surface area contributed by atoms with E-state index in [0.29, 0.717) is 18.1 Å². The molecule has 0 aliphatic carbocycles. The summed E-state index contributed by atoms with van der Waals surface area (Å²) in [4.78, 5) is 0. The van der Waals surface area contributed by atoms with E-state index in [4.69, 9.17) is 16.3 Å². The molecule has 1 heterocycles. The summed E-state index contributed by atoms with van der Waals surface area (Å²) in [5, 5.41) is 0.646.